The highest BCUT2D eigenvalue weighted by Crippen LogP contribution is 2.43. The fourth-order valence-corrected chi connectivity index (χ4v) is 5.42. The summed E-state index contributed by atoms with van der Waals surface area (Å²) in [6, 6.07) is 0. The average molecular weight is 715 g/mol. The normalized spacial score (nSPS) is 14.6. The van der Waals surface area contributed by atoms with Crippen LogP contribution in [0.15, 0.2) is 48.6 Å². The van der Waals surface area contributed by atoms with Gasteiger partial charge < -0.3 is 24.6 Å². The van der Waals surface area contributed by atoms with E-state index in [1.165, 1.54) is 44.9 Å². The zero-order chi connectivity index (χ0) is 36.3. The molecule has 0 aromatic heterocycles. The maximum absolute atomic E-state index is 12.5. The molecule has 0 aliphatic rings. The third-order valence-corrected chi connectivity index (χ3v) is 8.45. The quantitative estimate of drug-likeness (QED) is 0.0255. The van der Waals surface area contributed by atoms with Crippen molar-refractivity contribution in [2.24, 2.45) is 0 Å². The molecule has 0 saturated carbocycles. The molecule has 0 aromatic carbocycles. The molecular formula is C38H67O10P. The van der Waals surface area contributed by atoms with Crippen molar-refractivity contribution in [2.75, 3.05) is 26.4 Å². The van der Waals surface area contributed by atoms with Crippen LogP contribution < -0.4 is 0 Å². The minimum Gasteiger partial charge on any atom is -0.462 e. The molecule has 0 radical (unpaired) electrons. The molecule has 10 nitrogen and oxygen atoms in total. The molecule has 0 aliphatic carbocycles. The Hall–Kier alpha value is -2.07. The Morgan fingerprint density at radius 2 is 1.12 bits per heavy atom. The predicted molar refractivity (Wildman–Crippen MR) is 196 cm³/mol. The fraction of sp³-hybridized carbons (Fsp3) is 0.737. The van der Waals surface area contributed by atoms with Gasteiger partial charge in [-0.2, -0.15) is 0 Å². The van der Waals surface area contributed by atoms with Gasteiger partial charge in [0, 0.05) is 12.8 Å². The molecule has 0 rings (SSSR count). The van der Waals surface area contributed by atoms with E-state index < -0.39 is 51.8 Å². The highest BCUT2D eigenvalue weighted by atomic mass is 31.2. The van der Waals surface area contributed by atoms with Crippen molar-refractivity contribution in [1.29, 1.82) is 0 Å². The van der Waals surface area contributed by atoms with Gasteiger partial charge in [0.25, 0.3) is 0 Å². The highest BCUT2D eigenvalue weighted by molar-refractivity contribution is 7.47. The first-order chi connectivity index (χ1) is 23.7. The van der Waals surface area contributed by atoms with Gasteiger partial charge in [0.2, 0.25) is 0 Å². The molecule has 3 atom stereocenters. The molecule has 0 saturated heterocycles. The van der Waals surface area contributed by atoms with Crippen LogP contribution in [0.2, 0.25) is 0 Å². The second-order valence-corrected chi connectivity index (χ2v) is 13.7. The van der Waals surface area contributed by atoms with Crippen LogP contribution in [0.3, 0.4) is 0 Å². The van der Waals surface area contributed by atoms with Gasteiger partial charge in [-0.25, -0.2) is 4.57 Å². The Morgan fingerprint density at radius 1 is 0.633 bits per heavy atom. The van der Waals surface area contributed by atoms with E-state index in [0.29, 0.717) is 12.8 Å². The number of carbonyl (C=O) groups excluding carboxylic acids is 2. The number of phosphoric acid groups is 1. The first kappa shape index (κ1) is 46.9. The number of hydrogen-bond donors (Lipinski definition) is 3. The number of esters is 2. The Morgan fingerprint density at radius 3 is 1.69 bits per heavy atom. The van der Waals surface area contributed by atoms with Crippen LogP contribution in [0.1, 0.15) is 142 Å². The summed E-state index contributed by atoms with van der Waals surface area (Å²) >= 11 is 0. The molecule has 0 heterocycles. The van der Waals surface area contributed by atoms with Gasteiger partial charge >= 0.3 is 19.8 Å². The van der Waals surface area contributed by atoms with Crippen LogP contribution in [0.4, 0.5) is 0 Å². The molecule has 3 N–H and O–H groups in total. The number of unbranched alkanes of at least 4 members (excludes halogenated alkanes) is 12. The van der Waals surface area contributed by atoms with E-state index >= 15 is 0 Å². The largest absolute Gasteiger partial charge is 0.472 e. The van der Waals surface area contributed by atoms with E-state index in [2.05, 4.69) is 67.0 Å². The average Bonchev–Trinajstić information content (AvgIpc) is 3.09. The Bertz CT molecular complexity index is 962. The predicted octanol–water partition coefficient (Wildman–Crippen LogP) is 8.99. The number of allylic oxidation sites excluding steroid dienone is 8. The van der Waals surface area contributed by atoms with Gasteiger partial charge in [-0.3, -0.25) is 18.6 Å². The highest BCUT2D eigenvalue weighted by Gasteiger charge is 2.27. The van der Waals surface area contributed by atoms with Crippen molar-refractivity contribution in [2.45, 2.75) is 154 Å². The number of aliphatic hydroxyl groups is 2. The summed E-state index contributed by atoms with van der Waals surface area (Å²) in [6.45, 7) is 2.18. The number of phosphoric ester groups is 1. The third kappa shape index (κ3) is 34.2. The van der Waals surface area contributed by atoms with Crippen molar-refractivity contribution in [3.8, 4) is 0 Å². The van der Waals surface area contributed by atoms with Gasteiger partial charge in [0.1, 0.15) is 12.7 Å². The van der Waals surface area contributed by atoms with Gasteiger partial charge in [0.15, 0.2) is 6.10 Å². The molecule has 49 heavy (non-hydrogen) atoms. The van der Waals surface area contributed by atoms with E-state index in [-0.39, 0.29) is 19.4 Å². The molecule has 11 heteroatoms. The molecule has 284 valence electrons. The lowest BCUT2D eigenvalue weighted by atomic mass is 10.1. The molecule has 0 fully saturated rings. The van der Waals surface area contributed by atoms with Crippen LogP contribution in [0.25, 0.3) is 0 Å². The van der Waals surface area contributed by atoms with Crippen molar-refractivity contribution >= 4 is 19.8 Å². The second-order valence-electron chi connectivity index (χ2n) is 12.2. The first-order valence-electron chi connectivity index (χ1n) is 18.6. The summed E-state index contributed by atoms with van der Waals surface area (Å²) in [6.07, 6.45) is 33.7. The minimum absolute atomic E-state index is 0.175. The monoisotopic (exact) mass is 714 g/mol. The van der Waals surface area contributed by atoms with Crippen LogP contribution in [-0.4, -0.2) is 65.7 Å². The first-order valence-corrected chi connectivity index (χ1v) is 20.1. The van der Waals surface area contributed by atoms with Gasteiger partial charge in [-0.05, 0) is 51.4 Å². The molecule has 0 aliphatic heterocycles. The molecule has 0 spiro atoms. The van der Waals surface area contributed by atoms with Crippen molar-refractivity contribution in [1.82, 2.24) is 0 Å². The van der Waals surface area contributed by atoms with Gasteiger partial charge in [-0.15, -0.1) is 0 Å². The SMILES string of the molecule is CC/C=C\C/C=C\C/C=C\C/C=C\CCCCC(=O)OC[C@H](COP(=O)(O)OC[C@@H](O)CO)OC(=O)CCCCCCCCCCCCC. The maximum Gasteiger partial charge on any atom is 0.472 e. The van der Waals surface area contributed by atoms with Crippen molar-refractivity contribution in [3.63, 3.8) is 0 Å². The Labute approximate surface area is 296 Å². The fourth-order valence-electron chi connectivity index (χ4n) is 4.63. The number of hydrogen-bond acceptors (Lipinski definition) is 9. The van der Waals surface area contributed by atoms with Crippen LogP contribution in [0.5, 0.6) is 0 Å². The molecule has 0 bridgehead atoms. The van der Waals surface area contributed by atoms with Gasteiger partial charge in [0.05, 0.1) is 19.8 Å². The second kappa shape index (κ2) is 34.4. The van der Waals surface area contributed by atoms with Crippen molar-refractivity contribution < 1.29 is 47.8 Å². The van der Waals surface area contributed by atoms with Crippen LogP contribution in [0, 0.1) is 0 Å². The summed E-state index contributed by atoms with van der Waals surface area (Å²) in [5, 5.41) is 18.2. The van der Waals surface area contributed by atoms with Crippen LogP contribution >= 0.6 is 7.82 Å². The lowest BCUT2D eigenvalue weighted by Gasteiger charge is -2.20. The smallest absolute Gasteiger partial charge is 0.462 e. The number of ether oxygens (including phenoxy) is 2. The van der Waals surface area contributed by atoms with E-state index in [1.807, 2.05) is 0 Å². The van der Waals surface area contributed by atoms with Gasteiger partial charge in [-0.1, -0.05) is 127 Å². The summed E-state index contributed by atoms with van der Waals surface area (Å²) in [5.74, 6) is -0.978. The van der Waals surface area contributed by atoms with E-state index in [4.69, 9.17) is 19.1 Å². The van der Waals surface area contributed by atoms with Crippen molar-refractivity contribution in [3.05, 3.63) is 48.6 Å². The summed E-state index contributed by atoms with van der Waals surface area (Å²) < 4.78 is 32.5. The zero-order valence-corrected chi connectivity index (χ0v) is 31.3. The number of rotatable bonds is 34. The Balaban J connectivity index is 4.45. The molecule has 0 aromatic rings. The number of carbonyl (C=O) groups is 2. The van der Waals surface area contributed by atoms with Crippen LogP contribution in [-0.2, 0) is 32.7 Å². The topological polar surface area (TPSA) is 149 Å². The Kier molecular flexibility index (Phi) is 32.9. The van der Waals surface area contributed by atoms with E-state index in [1.54, 1.807) is 0 Å². The lowest BCUT2D eigenvalue weighted by molar-refractivity contribution is -0.161. The molecular weight excluding hydrogens is 647 g/mol. The summed E-state index contributed by atoms with van der Waals surface area (Å²) in [7, 11) is -4.62. The molecule has 1 unspecified atom stereocenters. The summed E-state index contributed by atoms with van der Waals surface area (Å²) in [5.41, 5.74) is 0. The maximum atomic E-state index is 12.5. The van der Waals surface area contributed by atoms with E-state index in [0.717, 1.165) is 57.8 Å². The van der Waals surface area contributed by atoms with E-state index in [9.17, 15) is 24.2 Å². The summed E-state index contributed by atoms with van der Waals surface area (Å²) in [4.78, 5) is 34.7. The third-order valence-electron chi connectivity index (χ3n) is 7.50. The molecule has 0 amide bonds. The number of aliphatic hydroxyl groups excluding tert-OH is 2. The lowest BCUT2D eigenvalue weighted by Crippen LogP contribution is -2.29. The zero-order valence-electron chi connectivity index (χ0n) is 30.4. The standard InChI is InChI=1S/C38H67O10P/c1-3-5-7-9-11-13-15-16-17-18-20-21-23-25-27-29-37(41)45-33-36(34-47-49(43,44)46-32-35(40)31-39)48-38(42)30-28-26-24-22-19-14-12-10-8-6-4-2/h5,7,11,13,16-17,20-21,35-36,39-40H,3-4,6,8-10,12,14-15,18-19,22-34H2,1-2H3,(H,43,44)/b7-5-,13-11-,17-16-,21-20-/t35-,36+/m0/s1. The minimum atomic E-state index is -4.62.